The van der Waals surface area contributed by atoms with Crippen LogP contribution in [0.4, 0.5) is 0 Å². The maximum absolute atomic E-state index is 6.55. The summed E-state index contributed by atoms with van der Waals surface area (Å²) >= 11 is 11.9. The highest BCUT2D eigenvalue weighted by Gasteiger charge is 2.29. The summed E-state index contributed by atoms with van der Waals surface area (Å²) in [6.45, 7) is -4.82. The van der Waals surface area contributed by atoms with Crippen LogP contribution in [0.1, 0.15) is 0 Å². The summed E-state index contributed by atoms with van der Waals surface area (Å²) in [6, 6.07) is 16.5. The minimum atomic E-state index is -2.41. The summed E-state index contributed by atoms with van der Waals surface area (Å²) in [6.07, 6.45) is 0. The Morgan fingerprint density at radius 1 is 0.562 bits per heavy atom. The molecule has 0 spiro atoms. The molecule has 0 aliphatic rings. The van der Waals surface area contributed by atoms with Crippen LogP contribution in [0.2, 0.25) is 0 Å². The molecular formula is C22H32N4O2P2S2. The molecule has 10 heteroatoms. The molecule has 6 nitrogen and oxygen atoms in total. The summed E-state index contributed by atoms with van der Waals surface area (Å²) in [5.41, 5.74) is 0. The van der Waals surface area contributed by atoms with Gasteiger partial charge in [-0.25, -0.2) is 18.7 Å². The van der Waals surface area contributed by atoms with Crippen LogP contribution in [0.15, 0.2) is 48.5 Å². The van der Waals surface area contributed by atoms with E-state index in [0.717, 1.165) is 33.0 Å². The first-order valence-electron chi connectivity index (χ1n) is 10.2. The Kier molecular flexibility index (Phi) is 7.70. The monoisotopic (exact) mass is 510 g/mol. The third-order valence-electron chi connectivity index (χ3n) is 5.26. The zero-order chi connectivity index (χ0) is 23.8. The van der Waals surface area contributed by atoms with Crippen LogP contribution in [0.3, 0.4) is 0 Å². The largest absolute Gasteiger partial charge is 0.440 e. The molecule has 0 fully saturated rings. The molecule has 0 bridgehead atoms. The molecule has 0 aromatic heterocycles. The highest BCUT2D eigenvalue weighted by molar-refractivity contribution is 8.10. The lowest BCUT2D eigenvalue weighted by molar-refractivity contribution is 0.447. The van der Waals surface area contributed by atoms with Crippen LogP contribution in [-0.4, -0.2) is 75.1 Å². The quantitative estimate of drug-likeness (QED) is 0.292. The molecule has 0 amide bonds. The molecule has 0 N–H and O–H groups in total. The van der Waals surface area contributed by atoms with Gasteiger partial charge in [0, 0.05) is 10.8 Å². The number of rotatable bonds is 8. The van der Waals surface area contributed by atoms with Crippen LogP contribution in [0.5, 0.6) is 11.5 Å². The van der Waals surface area contributed by atoms with Gasteiger partial charge in [0.2, 0.25) is 0 Å². The lowest BCUT2D eigenvalue weighted by atomic mass is 10.0. The Hall–Kier alpha value is -1.08. The smallest absolute Gasteiger partial charge is 0.252 e. The molecule has 0 aliphatic carbocycles. The number of benzene rings is 3. The van der Waals surface area contributed by atoms with E-state index in [1.165, 1.54) is 0 Å². The Morgan fingerprint density at radius 2 is 0.875 bits per heavy atom. The Labute approximate surface area is 202 Å². The summed E-state index contributed by atoms with van der Waals surface area (Å²) < 4.78 is 21.0. The van der Waals surface area contributed by atoms with Gasteiger partial charge in [-0.15, -0.1) is 0 Å². The number of hydrogen-bond donors (Lipinski definition) is 0. The molecule has 0 aliphatic heterocycles. The van der Waals surface area contributed by atoms with Gasteiger partial charge >= 0.3 is 0 Å². The van der Waals surface area contributed by atoms with E-state index in [4.69, 9.17) is 32.7 Å². The van der Waals surface area contributed by atoms with E-state index < -0.39 is 13.1 Å². The summed E-state index contributed by atoms with van der Waals surface area (Å²) in [7, 11) is 15.7. The van der Waals surface area contributed by atoms with E-state index in [2.05, 4.69) is 24.3 Å². The second kappa shape index (κ2) is 9.65. The minimum absolute atomic E-state index is 0.742. The van der Waals surface area contributed by atoms with Gasteiger partial charge in [-0.05, 0) is 115 Å². The SMILES string of the molecule is CN(C)P(=S)(Oc1ccc(OP(=S)(N(C)C)N(C)C)c2cc3ccccc3cc12)N(C)C. The molecule has 174 valence electrons. The number of nitrogens with zero attached hydrogens (tertiary/aromatic N) is 4. The second-order valence-electron chi connectivity index (χ2n) is 8.36. The zero-order valence-electron chi connectivity index (χ0n) is 19.9. The second-order valence-corrected chi connectivity index (χ2v) is 16.7. The third kappa shape index (κ3) is 4.75. The van der Waals surface area contributed by atoms with Gasteiger partial charge in [0.15, 0.2) is 0 Å². The van der Waals surface area contributed by atoms with Crippen molar-refractivity contribution < 1.29 is 9.05 Å². The molecule has 0 saturated heterocycles. The summed E-state index contributed by atoms with van der Waals surface area (Å²) in [5.74, 6) is 1.48. The van der Waals surface area contributed by atoms with Crippen molar-refractivity contribution in [2.45, 2.75) is 0 Å². The lowest BCUT2D eigenvalue weighted by Crippen LogP contribution is -2.24. The molecule has 0 saturated carbocycles. The zero-order valence-corrected chi connectivity index (χ0v) is 23.4. The molecule has 0 atom stereocenters. The molecule has 32 heavy (non-hydrogen) atoms. The predicted molar refractivity (Wildman–Crippen MR) is 146 cm³/mol. The van der Waals surface area contributed by atoms with E-state index >= 15 is 0 Å². The molecule has 3 aromatic rings. The van der Waals surface area contributed by atoms with E-state index in [1.54, 1.807) is 0 Å². The summed E-state index contributed by atoms with van der Waals surface area (Å²) in [5, 5.41) is 4.17. The summed E-state index contributed by atoms with van der Waals surface area (Å²) in [4.78, 5) is 0. The first kappa shape index (κ1) is 25.5. The van der Waals surface area contributed by atoms with Crippen molar-refractivity contribution in [3.05, 3.63) is 48.5 Å². The van der Waals surface area contributed by atoms with Gasteiger partial charge in [-0.2, -0.15) is 0 Å². The first-order chi connectivity index (χ1) is 14.9. The van der Waals surface area contributed by atoms with Crippen LogP contribution >= 0.6 is 13.1 Å². The van der Waals surface area contributed by atoms with Crippen molar-refractivity contribution >= 4 is 58.3 Å². The fourth-order valence-electron chi connectivity index (χ4n) is 3.44. The number of fused-ring (bicyclic) bond motifs is 2. The van der Waals surface area contributed by atoms with Gasteiger partial charge in [0.25, 0.3) is 13.1 Å². The topological polar surface area (TPSA) is 31.4 Å². The Balaban J connectivity index is 2.26. The van der Waals surface area contributed by atoms with Crippen LogP contribution in [-0.2, 0) is 23.6 Å². The highest BCUT2D eigenvalue weighted by Crippen LogP contribution is 2.55. The van der Waals surface area contributed by atoms with Crippen molar-refractivity contribution in [3.8, 4) is 11.5 Å². The lowest BCUT2D eigenvalue weighted by Gasteiger charge is -2.35. The molecule has 3 rings (SSSR count). The van der Waals surface area contributed by atoms with E-state index in [1.807, 2.05) is 99.3 Å². The number of hydrogen-bond acceptors (Lipinski definition) is 4. The van der Waals surface area contributed by atoms with Gasteiger partial charge in [0.05, 0.1) is 0 Å². The fourth-order valence-corrected chi connectivity index (χ4v) is 6.83. The molecule has 0 unspecified atom stereocenters. The Bertz CT molecular complexity index is 1110. The van der Waals surface area contributed by atoms with Gasteiger partial charge < -0.3 is 9.05 Å². The van der Waals surface area contributed by atoms with Crippen molar-refractivity contribution in [3.63, 3.8) is 0 Å². The average Bonchev–Trinajstić information content (AvgIpc) is 2.73. The predicted octanol–water partition coefficient (Wildman–Crippen LogP) is 5.45. The van der Waals surface area contributed by atoms with Crippen molar-refractivity contribution in [1.82, 2.24) is 18.7 Å². The first-order valence-corrected chi connectivity index (χ1v) is 15.4. The van der Waals surface area contributed by atoms with Crippen LogP contribution < -0.4 is 9.05 Å². The molecule has 0 radical (unpaired) electrons. The van der Waals surface area contributed by atoms with Gasteiger partial charge in [0.1, 0.15) is 11.5 Å². The standard InChI is InChI=1S/C22H32N4O2P2S2/c1-23(2)29(31,24(3)4)27-21-13-14-22(28-30(32,25(5)6)26(7)8)20-16-18-12-10-9-11-17(18)15-19(20)21/h9-16H,1-8H3. The minimum Gasteiger partial charge on any atom is -0.440 e. The fraction of sp³-hybridized carbons (Fsp3) is 0.364. The van der Waals surface area contributed by atoms with E-state index in [0.29, 0.717) is 0 Å². The Morgan fingerprint density at radius 3 is 1.16 bits per heavy atom. The average molecular weight is 511 g/mol. The third-order valence-corrected chi connectivity index (χ3v) is 14.5. The molecule has 3 aromatic carbocycles. The van der Waals surface area contributed by atoms with Crippen molar-refractivity contribution in [1.29, 1.82) is 0 Å². The normalized spacial score (nSPS) is 13.1. The molecule has 0 heterocycles. The highest BCUT2D eigenvalue weighted by atomic mass is 32.5. The maximum atomic E-state index is 6.55. The van der Waals surface area contributed by atoms with E-state index in [9.17, 15) is 0 Å². The van der Waals surface area contributed by atoms with Crippen molar-refractivity contribution in [2.75, 3.05) is 56.4 Å². The van der Waals surface area contributed by atoms with Gasteiger partial charge in [-0.3, -0.25) is 0 Å². The van der Waals surface area contributed by atoms with Crippen molar-refractivity contribution in [2.24, 2.45) is 0 Å². The van der Waals surface area contributed by atoms with Crippen LogP contribution in [0, 0.1) is 0 Å². The molecular weight excluding hydrogens is 478 g/mol. The maximum Gasteiger partial charge on any atom is 0.252 e. The van der Waals surface area contributed by atoms with E-state index in [-0.39, 0.29) is 0 Å². The van der Waals surface area contributed by atoms with Crippen LogP contribution in [0.25, 0.3) is 21.5 Å². The van der Waals surface area contributed by atoms with Gasteiger partial charge in [-0.1, -0.05) is 24.3 Å².